The Morgan fingerprint density at radius 1 is 0.844 bits per heavy atom. The van der Waals surface area contributed by atoms with Crippen molar-refractivity contribution in [3.05, 3.63) is 123 Å². The highest BCUT2D eigenvalue weighted by Crippen LogP contribution is 2.27. The normalized spacial score (nSPS) is 10.7. The van der Waals surface area contributed by atoms with E-state index in [-0.39, 0.29) is 16.9 Å². The summed E-state index contributed by atoms with van der Waals surface area (Å²) in [4.78, 5) is 32.2. The molecule has 0 fully saturated rings. The van der Waals surface area contributed by atoms with Crippen LogP contribution < -0.4 is 10.3 Å². The van der Waals surface area contributed by atoms with Crippen molar-refractivity contribution < 1.29 is 4.79 Å². The number of carbonyl (C=O) groups excluding carboxylic acids is 1. The average Bonchev–Trinajstić information content (AvgIpc) is 2.78. The summed E-state index contributed by atoms with van der Waals surface area (Å²) in [6, 6.07) is 26.9. The number of hydrogen-bond acceptors (Lipinski definition) is 2. The Kier molecular flexibility index (Phi) is 6.04. The lowest BCUT2D eigenvalue weighted by Gasteiger charge is -2.25. The Labute approximate surface area is 188 Å². The fraction of sp³-hybridized carbons (Fsp3) is 0.143. The Hall–Kier alpha value is -3.92. The van der Waals surface area contributed by atoms with Crippen molar-refractivity contribution in [2.24, 2.45) is 0 Å². The van der Waals surface area contributed by atoms with Gasteiger partial charge in [0, 0.05) is 17.4 Å². The number of aryl methyl sites for hydroxylation is 3. The average molecular weight is 423 g/mol. The van der Waals surface area contributed by atoms with E-state index < -0.39 is 0 Å². The highest BCUT2D eigenvalue weighted by atomic mass is 16.2. The summed E-state index contributed by atoms with van der Waals surface area (Å²) in [7, 11) is 0. The number of amides is 1. The molecule has 4 heteroatoms. The standard InChI is InChI=1S/C28H26N2O2/c1-19-10-9-14-23(16-19)27-26(25(31)17-21(3)29-27)28(32)30(18-22-12-5-4-6-13-22)24-15-8-7-11-20(24)2/h4-17H,18H2,1-3H3,(H,29,31). The zero-order valence-electron chi connectivity index (χ0n) is 18.6. The van der Waals surface area contributed by atoms with Gasteiger partial charge in [0.1, 0.15) is 5.56 Å². The molecule has 0 radical (unpaired) electrons. The van der Waals surface area contributed by atoms with Crippen LogP contribution in [0.25, 0.3) is 11.3 Å². The number of hydrogen-bond donors (Lipinski definition) is 1. The number of anilines is 1. The second-order valence-electron chi connectivity index (χ2n) is 8.10. The minimum absolute atomic E-state index is 0.153. The van der Waals surface area contributed by atoms with Gasteiger partial charge in [-0.2, -0.15) is 0 Å². The van der Waals surface area contributed by atoms with Gasteiger partial charge in [-0.15, -0.1) is 0 Å². The third kappa shape index (κ3) is 4.40. The van der Waals surface area contributed by atoms with Crippen LogP contribution in [0.15, 0.2) is 89.7 Å². The molecule has 1 aromatic heterocycles. The van der Waals surface area contributed by atoms with Gasteiger partial charge in [0.25, 0.3) is 5.91 Å². The van der Waals surface area contributed by atoms with Crippen LogP contribution in [-0.4, -0.2) is 10.9 Å². The maximum atomic E-state index is 14.0. The molecule has 0 saturated heterocycles. The van der Waals surface area contributed by atoms with Crippen molar-refractivity contribution in [2.75, 3.05) is 4.90 Å². The monoisotopic (exact) mass is 422 g/mol. The number of benzene rings is 3. The van der Waals surface area contributed by atoms with Crippen molar-refractivity contribution in [3.63, 3.8) is 0 Å². The van der Waals surface area contributed by atoms with Crippen molar-refractivity contribution >= 4 is 11.6 Å². The number of H-pyrrole nitrogens is 1. The third-order valence-electron chi connectivity index (χ3n) is 5.52. The minimum atomic E-state index is -0.319. The number of nitrogens with zero attached hydrogens (tertiary/aromatic N) is 1. The second-order valence-corrected chi connectivity index (χ2v) is 8.10. The predicted octanol–water partition coefficient (Wildman–Crippen LogP) is 5.81. The number of aromatic amines is 1. The lowest BCUT2D eigenvalue weighted by Crippen LogP contribution is -2.35. The summed E-state index contributed by atoms with van der Waals surface area (Å²) in [5.74, 6) is -0.319. The first-order valence-electron chi connectivity index (χ1n) is 10.7. The van der Waals surface area contributed by atoms with Crippen LogP contribution in [0.3, 0.4) is 0 Å². The van der Waals surface area contributed by atoms with Gasteiger partial charge in [-0.05, 0) is 49.6 Å². The lowest BCUT2D eigenvalue weighted by atomic mass is 10.0. The molecule has 1 amide bonds. The van der Waals surface area contributed by atoms with Gasteiger partial charge in [0.2, 0.25) is 0 Å². The molecular weight excluding hydrogens is 396 g/mol. The fourth-order valence-corrected chi connectivity index (χ4v) is 3.95. The number of aromatic nitrogens is 1. The lowest BCUT2D eigenvalue weighted by molar-refractivity contribution is 0.0984. The van der Waals surface area contributed by atoms with Crippen LogP contribution in [0, 0.1) is 20.8 Å². The number of carbonyl (C=O) groups is 1. The first-order valence-corrected chi connectivity index (χ1v) is 10.7. The van der Waals surface area contributed by atoms with E-state index in [0.717, 1.165) is 27.9 Å². The number of nitrogens with one attached hydrogen (secondary N) is 1. The summed E-state index contributed by atoms with van der Waals surface area (Å²) in [5, 5.41) is 0. The maximum absolute atomic E-state index is 14.0. The van der Waals surface area contributed by atoms with E-state index in [1.54, 1.807) is 4.90 Å². The molecule has 4 nitrogen and oxygen atoms in total. The number of pyridine rings is 1. The van der Waals surface area contributed by atoms with E-state index in [1.165, 1.54) is 6.07 Å². The predicted molar refractivity (Wildman–Crippen MR) is 130 cm³/mol. The van der Waals surface area contributed by atoms with Crippen molar-refractivity contribution in [1.29, 1.82) is 0 Å². The Morgan fingerprint density at radius 2 is 1.56 bits per heavy atom. The summed E-state index contributed by atoms with van der Waals surface area (Å²) in [5.41, 5.74) is 5.76. The van der Waals surface area contributed by atoms with Gasteiger partial charge in [0.05, 0.1) is 12.2 Å². The van der Waals surface area contributed by atoms with Gasteiger partial charge in [-0.1, -0.05) is 72.3 Å². The van der Waals surface area contributed by atoms with Gasteiger partial charge in [-0.25, -0.2) is 0 Å². The quantitative estimate of drug-likeness (QED) is 0.441. The summed E-state index contributed by atoms with van der Waals surface area (Å²) < 4.78 is 0. The Balaban J connectivity index is 1.89. The van der Waals surface area contributed by atoms with Gasteiger partial charge >= 0.3 is 0 Å². The summed E-state index contributed by atoms with van der Waals surface area (Å²) in [6.45, 7) is 6.17. The highest BCUT2D eigenvalue weighted by Gasteiger charge is 2.26. The van der Waals surface area contributed by atoms with Crippen LogP contribution in [0.2, 0.25) is 0 Å². The maximum Gasteiger partial charge on any atom is 0.264 e. The first-order chi connectivity index (χ1) is 15.4. The van der Waals surface area contributed by atoms with Crippen LogP contribution in [0.5, 0.6) is 0 Å². The van der Waals surface area contributed by atoms with Gasteiger partial charge in [0.15, 0.2) is 5.43 Å². The fourth-order valence-electron chi connectivity index (χ4n) is 3.95. The molecular formula is C28H26N2O2. The summed E-state index contributed by atoms with van der Waals surface area (Å²) in [6.07, 6.45) is 0. The molecule has 1 N–H and O–H groups in total. The molecule has 32 heavy (non-hydrogen) atoms. The number of para-hydroxylation sites is 1. The van der Waals surface area contributed by atoms with Crippen LogP contribution >= 0.6 is 0 Å². The molecule has 160 valence electrons. The molecule has 3 aromatic carbocycles. The van der Waals surface area contributed by atoms with E-state index in [2.05, 4.69) is 4.98 Å². The van der Waals surface area contributed by atoms with E-state index in [4.69, 9.17) is 0 Å². The highest BCUT2D eigenvalue weighted by molar-refractivity contribution is 6.09. The molecule has 0 aliphatic carbocycles. The minimum Gasteiger partial charge on any atom is -0.358 e. The zero-order valence-corrected chi connectivity index (χ0v) is 18.6. The Bertz CT molecular complexity index is 1320. The van der Waals surface area contributed by atoms with E-state index in [9.17, 15) is 9.59 Å². The third-order valence-corrected chi connectivity index (χ3v) is 5.52. The number of rotatable bonds is 5. The van der Waals surface area contributed by atoms with E-state index in [0.29, 0.717) is 17.9 Å². The molecule has 4 rings (SSSR count). The SMILES string of the molecule is Cc1cccc(-c2[nH]c(C)cc(=O)c2C(=O)N(Cc2ccccc2)c2ccccc2C)c1. The van der Waals surface area contributed by atoms with Crippen molar-refractivity contribution in [2.45, 2.75) is 27.3 Å². The van der Waals surface area contributed by atoms with E-state index in [1.807, 2.05) is 99.6 Å². The van der Waals surface area contributed by atoms with Crippen molar-refractivity contribution in [3.8, 4) is 11.3 Å². The van der Waals surface area contributed by atoms with Gasteiger partial charge < -0.3 is 9.88 Å². The molecule has 0 spiro atoms. The molecule has 0 aliphatic rings. The van der Waals surface area contributed by atoms with Crippen molar-refractivity contribution in [1.82, 2.24) is 4.98 Å². The molecule has 4 aromatic rings. The van der Waals surface area contributed by atoms with Gasteiger partial charge in [-0.3, -0.25) is 9.59 Å². The van der Waals surface area contributed by atoms with Crippen LogP contribution in [0.1, 0.15) is 32.7 Å². The second kappa shape index (κ2) is 9.06. The molecule has 0 bridgehead atoms. The van der Waals surface area contributed by atoms with Crippen LogP contribution in [0.4, 0.5) is 5.69 Å². The zero-order chi connectivity index (χ0) is 22.7. The van der Waals surface area contributed by atoms with E-state index >= 15 is 0 Å². The summed E-state index contributed by atoms with van der Waals surface area (Å²) >= 11 is 0. The molecule has 1 heterocycles. The molecule has 0 aliphatic heterocycles. The molecule has 0 unspecified atom stereocenters. The molecule has 0 saturated carbocycles. The molecule has 0 atom stereocenters. The smallest absolute Gasteiger partial charge is 0.264 e. The largest absolute Gasteiger partial charge is 0.358 e. The Morgan fingerprint density at radius 3 is 2.28 bits per heavy atom. The topological polar surface area (TPSA) is 53.2 Å². The van der Waals surface area contributed by atoms with Crippen LogP contribution in [-0.2, 0) is 6.54 Å². The first kappa shape index (κ1) is 21.3.